The van der Waals surface area contributed by atoms with Crippen LogP contribution in [0.4, 0.5) is 4.79 Å². The zero-order valence-electron chi connectivity index (χ0n) is 13.1. The number of ether oxygens (including phenoxy) is 2. The number of carbonyl (C=O) groups is 2. The van der Waals surface area contributed by atoms with Gasteiger partial charge in [-0.1, -0.05) is 0 Å². The predicted octanol–water partition coefficient (Wildman–Crippen LogP) is 2.98. The first kappa shape index (κ1) is 16.8. The zero-order chi connectivity index (χ0) is 15.1. The highest BCUT2D eigenvalue weighted by molar-refractivity contribution is 5.69. The number of hydrogen-bond acceptors (Lipinski definition) is 4. The molecule has 0 atom stereocenters. The van der Waals surface area contributed by atoms with Crippen molar-refractivity contribution in [2.45, 2.75) is 65.0 Å². The number of nitrogens with zero attached hydrogens (tertiary/aromatic N) is 1. The Morgan fingerprint density at radius 3 is 2.25 bits per heavy atom. The van der Waals surface area contributed by atoms with Crippen molar-refractivity contribution in [1.82, 2.24) is 4.90 Å². The van der Waals surface area contributed by atoms with Crippen LogP contribution in [0.3, 0.4) is 0 Å². The maximum atomic E-state index is 11.8. The molecule has 20 heavy (non-hydrogen) atoms. The molecule has 0 unspecified atom stereocenters. The van der Waals surface area contributed by atoms with Crippen LogP contribution < -0.4 is 0 Å². The summed E-state index contributed by atoms with van der Waals surface area (Å²) in [6, 6.07) is 0.356. The average molecular weight is 285 g/mol. The molecule has 0 aromatic rings. The average Bonchev–Trinajstić information content (AvgIpc) is 2.40. The molecule has 5 nitrogen and oxygen atoms in total. The molecule has 116 valence electrons. The molecule has 0 aromatic carbocycles. The Morgan fingerprint density at radius 2 is 1.80 bits per heavy atom. The molecular formula is C15H27NO4. The molecule has 5 heteroatoms. The first-order chi connectivity index (χ1) is 9.49. The molecule has 0 aromatic heterocycles. The molecule has 0 bridgehead atoms. The van der Waals surface area contributed by atoms with E-state index < -0.39 is 0 Å². The highest BCUT2D eigenvalue weighted by Gasteiger charge is 2.31. The van der Waals surface area contributed by atoms with E-state index >= 15 is 0 Å². The van der Waals surface area contributed by atoms with Gasteiger partial charge in [-0.2, -0.15) is 0 Å². The molecule has 0 aliphatic heterocycles. The number of esters is 1. The summed E-state index contributed by atoms with van der Waals surface area (Å²) in [7, 11) is 1.42. The van der Waals surface area contributed by atoms with Crippen LogP contribution in [-0.4, -0.2) is 42.8 Å². The van der Waals surface area contributed by atoms with Crippen molar-refractivity contribution in [1.29, 1.82) is 0 Å². The maximum Gasteiger partial charge on any atom is 0.409 e. The number of carbonyl (C=O) groups excluding carboxylic acids is 2. The molecular weight excluding hydrogens is 258 g/mol. The van der Waals surface area contributed by atoms with Gasteiger partial charge in [-0.05, 0) is 52.4 Å². The molecule has 0 heterocycles. The molecule has 1 aliphatic carbocycles. The summed E-state index contributed by atoms with van der Waals surface area (Å²) in [6.07, 6.45) is 4.02. The van der Waals surface area contributed by atoms with Gasteiger partial charge in [0.15, 0.2) is 0 Å². The monoisotopic (exact) mass is 285 g/mol. The molecule has 1 amide bonds. The van der Waals surface area contributed by atoms with E-state index in [0.717, 1.165) is 25.7 Å². The van der Waals surface area contributed by atoms with Crippen LogP contribution in [0.25, 0.3) is 0 Å². The van der Waals surface area contributed by atoms with E-state index in [4.69, 9.17) is 9.47 Å². The fourth-order valence-corrected chi connectivity index (χ4v) is 2.97. The van der Waals surface area contributed by atoms with Crippen molar-refractivity contribution in [3.8, 4) is 0 Å². The van der Waals surface area contributed by atoms with Crippen LogP contribution in [-0.2, 0) is 14.3 Å². The lowest BCUT2D eigenvalue weighted by atomic mass is 9.83. The summed E-state index contributed by atoms with van der Waals surface area (Å²) in [5.74, 6) is 0.279. The fourth-order valence-electron chi connectivity index (χ4n) is 2.97. The van der Waals surface area contributed by atoms with Gasteiger partial charge >= 0.3 is 12.1 Å². The van der Waals surface area contributed by atoms with Crippen LogP contribution in [0.2, 0.25) is 0 Å². The van der Waals surface area contributed by atoms with Crippen molar-refractivity contribution >= 4 is 12.1 Å². The van der Waals surface area contributed by atoms with E-state index in [1.54, 1.807) is 0 Å². The maximum absolute atomic E-state index is 11.8. The molecule has 0 N–H and O–H groups in total. The van der Waals surface area contributed by atoms with Crippen molar-refractivity contribution in [2.75, 3.05) is 13.7 Å². The predicted molar refractivity (Wildman–Crippen MR) is 76.4 cm³/mol. The normalized spacial score (nSPS) is 22.4. The van der Waals surface area contributed by atoms with Gasteiger partial charge in [-0.3, -0.25) is 4.79 Å². The summed E-state index contributed by atoms with van der Waals surface area (Å²) in [4.78, 5) is 25.1. The minimum atomic E-state index is -0.256. The number of methoxy groups -OCH3 is 1. The van der Waals surface area contributed by atoms with Crippen LogP contribution in [0.1, 0.15) is 52.9 Å². The summed E-state index contributed by atoms with van der Waals surface area (Å²) in [5.41, 5.74) is 0. The van der Waals surface area contributed by atoms with Gasteiger partial charge < -0.3 is 14.4 Å². The Kier molecular flexibility index (Phi) is 6.82. The lowest BCUT2D eigenvalue weighted by Gasteiger charge is -2.38. The lowest BCUT2D eigenvalue weighted by molar-refractivity contribution is -0.144. The van der Waals surface area contributed by atoms with Gasteiger partial charge in [-0.15, -0.1) is 0 Å². The minimum Gasteiger partial charge on any atom is -0.466 e. The molecule has 1 aliphatic rings. The summed E-state index contributed by atoms with van der Waals surface area (Å²) >= 11 is 0. The molecule has 0 saturated heterocycles. The van der Waals surface area contributed by atoms with Crippen LogP contribution >= 0.6 is 0 Å². The molecule has 1 fully saturated rings. The molecule has 0 spiro atoms. The highest BCUT2D eigenvalue weighted by Crippen LogP contribution is 2.31. The number of amides is 1. The van der Waals surface area contributed by atoms with Crippen molar-refractivity contribution in [2.24, 2.45) is 5.92 Å². The number of rotatable bonds is 5. The second-order valence-corrected chi connectivity index (χ2v) is 5.65. The molecule has 1 rings (SSSR count). The molecule has 0 radical (unpaired) electrons. The second-order valence-electron chi connectivity index (χ2n) is 5.65. The van der Waals surface area contributed by atoms with Gasteiger partial charge in [0, 0.05) is 18.5 Å². The van der Waals surface area contributed by atoms with Crippen molar-refractivity contribution < 1.29 is 19.1 Å². The Balaban J connectivity index is 2.47. The fraction of sp³-hybridized carbons (Fsp3) is 0.867. The first-order valence-corrected chi connectivity index (χ1v) is 7.51. The van der Waals surface area contributed by atoms with Crippen molar-refractivity contribution in [3.63, 3.8) is 0 Å². The van der Waals surface area contributed by atoms with E-state index in [1.807, 2.05) is 25.7 Å². The third-order valence-electron chi connectivity index (χ3n) is 3.91. The highest BCUT2D eigenvalue weighted by atomic mass is 16.5. The Morgan fingerprint density at radius 1 is 1.20 bits per heavy atom. The van der Waals surface area contributed by atoms with Gasteiger partial charge in [0.05, 0.1) is 13.7 Å². The van der Waals surface area contributed by atoms with Crippen LogP contribution in [0.5, 0.6) is 0 Å². The minimum absolute atomic E-state index is 0.107. The van der Waals surface area contributed by atoms with Gasteiger partial charge in [-0.25, -0.2) is 4.79 Å². The van der Waals surface area contributed by atoms with E-state index in [2.05, 4.69) is 0 Å². The van der Waals surface area contributed by atoms with Crippen molar-refractivity contribution in [3.05, 3.63) is 0 Å². The largest absolute Gasteiger partial charge is 0.466 e. The quantitative estimate of drug-likeness (QED) is 0.729. The Labute approximate surface area is 121 Å². The third kappa shape index (κ3) is 4.69. The van der Waals surface area contributed by atoms with E-state index in [0.29, 0.717) is 18.9 Å². The van der Waals surface area contributed by atoms with Gasteiger partial charge in [0.1, 0.15) is 0 Å². The van der Waals surface area contributed by atoms with E-state index in [-0.39, 0.29) is 24.1 Å². The van der Waals surface area contributed by atoms with E-state index in [1.165, 1.54) is 7.11 Å². The SMILES string of the molecule is CCOC(=O)C[C@H]1CC[C@H](N(C(=O)OC)C(C)C)CC1. The third-order valence-corrected chi connectivity index (χ3v) is 3.91. The van der Waals surface area contributed by atoms with Crippen LogP contribution in [0, 0.1) is 5.92 Å². The number of hydrogen-bond donors (Lipinski definition) is 0. The standard InChI is InChI=1S/C15H27NO4/c1-5-20-14(17)10-12-6-8-13(9-7-12)16(11(2)3)15(18)19-4/h11-13H,5-10H2,1-4H3/t12-,13-. The summed E-state index contributed by atoms with van der Waals surface area (Å²) in [5, 5.41) is 0. The summed E-state index contributed by atoms with van der Waals surface area (Å²) in [6.45, 7) is 6.27. The molecule has 1 saturated carbocycles. The second kappa shape index (κ2) is 8.12. The topological polar surface area (TPSA) is 55.8 Å². The zero-order valence-corrected chi connectivity index (χ0v) is 13.1. The Bertz CT molecular complexity index is 322. The Hall–Kier alpha value is -1.26. The van der Waals surface area contributed by atoms with Gasteiger partial charge in [0.25, 0.3) is 0 Å². The van der Waals surface area contributed by atoms with E-state index in [9.17, 15) is 9.59 Å². The smallest absolute Gasteiger partial charge is 0.409 e. The first-order valence-electron chi connectivity index (χ1n) is 7.51. The van der Waals surface area contributed by atoms with Crippen LogP contribution in [0.15, 0.2) is 0 Å². The van der Waals surface area contributed by atoms with Gasteiger partial charge in [0.2, 0.25) is 0 Å². The summed E-state index contributed by atoms with van der Waals surface area (Å²) < 4.78 is 9.85. The lowest BCUT2D eigenvalue weighted by Crippen LogP contribution is -2.46.